The molecule has 1 atom stereocenters. The van der Waals surface area contributed by atoms with Gasteiger partial charge in [0.25, 0.3) is 0 Å². The molecule has 2 aliphatic heterocycles. The van der Waals surface area contributed by atoms with Gasteiger partial charge in [-0.15, -0.1) is 0 Å². The monoisotopic (exact) mass is 288 g/mol. The van der Waals surface area contributed by atoms with Crippen LogP contribution in [0.2, 0.25) is 0 Å². The highest BCUT2D eigenvalue weighted by Gasteiger charge is 2.23. The number of carbonyl (C=O) groups excluding carboxylic acids is 1. The van der Waals surface area contributed by atoms with Crippen molar-refractivity contribution in [2.24, 2.45) is 5.92 Å². The second-order valence-electron chi connectivity index (χ2n) is 6.18. The van der Waals surface area contributed by atoms with E-state index in [1.165, 1.54) is 5.56 Å². The molecule has 1 aromatic rings. The van der Waals surface area contributed by atoms with E-state index >= 15 is 0 Å². The molecule has 0 N–H and O–H groups in total. The summed E-state index contributed by atoms with van der Waals surface area (Å²) in [6.45, 7) is 4.59. The molecule has 0 saturated carbocycles. The van der Waals surface area contributed by atoms with Crippen LogP contribution in [-0.4, -0.2) is 55.5 Å². The third-order valence-electron chi connectivity index (χ3n) is 4.60. The summed E-state index contributed by atoms with van der Waals surface area (Å²) in [6, 6.07) is 8.37. The topological polar surface area (TPSA) is 32.8 Å². The van der Waals surface area contributed by atoms with E-state index in [-0.39, 0.29) is 5.91 Å². The molecular weight excluding hydrogens is 264 g/mol. The van der Waals surface area contributed by atoms with Crippen molar-refractivity contribution in [2.45, 2.75) is 19.3 Å². The van der Waals surface area contributed by atoms with Gasteiger partial charge < -0.3 is 14.5 Å². The van der Waals surface area contributed by atoms with Gasteiger partial charge in [0, 0.05) is 39.6 Å². The van der Waals surface area contributed by atoms with Crippen molar-refractivity contribution in [3.63, 3.8) is 0 Å². The number of likely N-dealkylation sites (N-methyl/N-ethyl adjacent to an activating group) is 1. The highest BCUT2D eigenvalue weighted by atomic mass is 16.5. The Balaban J connectivity index is 1.61. The number of carbonyl (C=O) groups is 1. The van der Waals surface area contributed by atoms with Crippen LogP contribution < -0.4 is 4.74 Å². The highest BCUT2D eigenvalue weighted by Crippen LogP contribution is 2.27. The van der Waals surface area contributed by atoms with Crippen molar-refractivity contribution in [2.75, 3.05) is 39.8 Å². The number of nitrogens with zero attached hydrogens (tertiary/aromatic N) is 2. The summed E-state index contributed by atoms with van der Waals surface area (Å²) in [4.78, 5) is 16.0. The number of rotatable bonds is 2. The number of hydrogen-bond donors (Lipinski definition) is 0. The second-order valence-corrected chi connectivity index (χ2v) is 6.18. The third-order valence-corrected chi connectivity index (χ3v) is 4.60. The van der Waals surface area contributed by atoms with Gasteiger partial charge in [-0.25, -0.2) is 0 Å². The molecule has 1 amide bonds. The summed E-state index contributed by atoms with van der Waals surface area (Å²) in [5, 5.41) is 0. The van der Waals surface area contributed by atoms with E-state index in [1.807, 2.05) is 18.0 Å². The van der Waals surface area contributed by atoms with E-state index < -0.39 is 0 Å². The van der Waals surface area contributed by atoms with Gasteiger partial charge in [0.15, 0.2) is 0 Å². The number of benzene rings is 1. The van der Waals surface area contributed by atoms with E-state index in [0.29, 0.717) is 12.3 Å². The van der Waals surface area contributed by atoms with Gasteiger partial charge in [0.05, 0.1) is 6.61 Å². The minimum Gasteiger partial charge on any atom is -0.493 e. The molecule has 114 valence electrons. The molecule has 3 rings (SSSR count). The zero-order chi connectivity index (χ0) is 14.7. The number of para-hydroxylation sites is 1. The molecule has 0 aromatic heterocycles. The van der Waals surface area contributed by atoms with E-state index in [4.69, 9.17) is 4.74 Å². The Morgan fingerprint density at radius 1 is 1.24 bits per heavy atom. The first-order chi connectivity index (χ1) is 10.2. The van der Waals surface area contributed by atoms with Gasteiger partial charge >= 0.3 is 0 Å². The normalized spacial score (nSPS) is 24.0. The Labute approximate surface area is 126 Å². The molecule has 1 saturated heterocycles. The largest absolute Gasteiger partial charge is 0.493 e. The van der Waals surface area contributed by atoms with Gasteiger partial charge in [0.2, 0.25) is 5.91 Å². The SMILES string of the molecule is CN1CCN(C[C@@H]2CCOc3ccccc3C2)CCC1=O. The molecule has 21 heavy (non-hydrogen) atoms. The molecular formula is C17H24N2O2. The van der Waals surface area contributed by atoms with Crippen molar-refractivity contribution in [1.29, 1.82) is 0 Å². The van der Waals surface area contributed by atoms with Crippen molar-refractivity contribution in [3.05, 3.63) is 29.8 Å². The van der Waals surface area contributed by atoms with Crippen molar-refractivity contribution >= 4 is 5.91 Å². The lowest BCUT2D eigenvalue weighted by Gasteiger charge is -2.25. The average molecular weight is 288 g/mol. The summed E-state index contributed by atoms with van der Waals surface area (Å²) >= 11 is 0. The molecule has 2 aliphatic rings. The fourth-order valence-corrected chi connectivity index (χ4v) is 3.24. The molecule has 1 fully saturated rings. The predicted octanol–water partition coefficient (Wildman–Crippen LogP) is 1.79. The smallest absolute Gasteiger partial charge is 0.223 e. The molecule has 0 bridgehead atoms. The van der Waals surface area contributed by atoms with Crippen molar-refractivity contribution < 1.29 is 9.53 Å². The number of amides is 1. The van der Waals surface area contributed by atoms with Crippen LogP contribution >= 0.6 is 0 Å². The summed E-state index contributed by atoms with van der Waals surface area (Å²) in [5.74, 6) is 1.94. The lowest BCUT2D eigenvalue weighted by Crippen LogP contribution is -2.34. The number of hydrogen-bond acceptors (Lipinski definition) is 3. The molecule has 4 nitrogen and oxygen atoms in total. The Bertz CT molecular complexity index is 503. The first-order valence-corrected chi connectivity index (χ1v) is 7.89. The Hall–Kier alpha value is -1.55. The maximum atomic E-state index is 11.7. The molecule has 0 aliphatic carbocycles. The molecule has 2 heterocycles. The molecule has 4 heteroatoms. The van der Waals surface area contributed by atoms with Gasteiger partial charge in [-0.1, -0.05) is 18.2 Å². The van der Waals surface area contributed by atoms with Crippen molar-refractivity contribution in [3.8, 4) is 5.75 Å². The first-order valence-electron chi connectivity index (χ1n) is 7.89. The van der Waals surface area contributed by atoms with Crippen LogP contribution in [-0.2, 0) is 11.2 Å². The first kappa shape index (κ1) is 14.4. The van der Waals surface area contributed by atoms with E-state index in [0.717, 1.165) is 51.4 Å². The predicted molar refractivity (Wildman–Crippen MR) is 82.4 cm³/mol. The molecule has 0 unspecified atom stereocenters. The van der Waals surface area contributed by atoms with Crippen LogP contribution in [0.25, 0.3) is 0 Å². The number of fused-ring (bicyclic) bond motifs is 1. The third kappa shape index (κ3) is 3.56. The quantitative estimate of drug-likeness (QED) is 0.832. The summed E-state index contributed by atoms with van der Waals surface area (Å²) < 4.78 is 5.85. The Morgan fingerprint density at radius 2 is 2.10 bits per heavy atom. The van der Waals surface area contributed by atoms with Crippen LogP contribution in [0.3, 0.4) is 0 Å². The highest BCUT2D eigenvalue weighted by molar-refractivity contribution is 5.76. The second kappa shape index (κ2) is 6.48. The van der Waals surface area contributed by atoms with Crippen LogP contribution in [0, 0.1) is 5.92 Å². The van der Waals surface area contributed by atoms with Gasteiger partial charge in [-0.2, -0.15) is 0 Å². The standard InChI is InChI=1S/C17H24N2O2/c1-18-9-10-19(8-6-17(18)20)13-14-7-11-21-16-5-3-2-4-15(16)12-14/h2-5,14H,6-13H2,1H3/t14-/m1/s1. The summed E-state index contributed by atoms with van der Waals surface area (Å²) in [7, 11) is 1.90. The molecule has 1 aromatic carbocycles. The maximum absolute atomic E-state index is 11.7. The van der Waals surface area contributed by atoms with Crippen LogP contribution in [0.4, 0.5) is 0 Å². The maximum Gasteiger partial charge on any atom is 0.223 e. The lowest BCUT2D eigenvalue weighted by molar-refractivity contribution is -0.129. The minimum absolute atomic E-state index is 0.270. The zero-order valence-corrected chi connectivity index (χ0v) is 12.8. The van der Waals surface area contributed by atoms with Crippen LogP contribution in [0.15, 0.2) is 24.3 Å². The van der Waals surface area contributed by atoms with Gasteiger partial charge in [-0.3, -0.25) is 4.79 Å². The van der Waals surface area contributed by atoms with E-state index in [9.17, 15) is 4.79 Å². The zero-order valence-electron chi connectivity index (χ0n) is 12.8. The van der Waals surface area contributed by atoms with Gasteiger partial charge in [-0.05, 0) is 30.4 Å². The lowest BCUT2D eigenvalue weighted by atomic mass is 9.96. The minimum atomic E-state index is 0.270. The fraction of sp³-hybridized carbons (Fsp3) is 0.588. The summed E-state index contributed by atoms with van der Waals surface area (Å²) in [5.41, 5.74) is 1.32. The average Bonchev–Trinajstić information content (AvgIpc) is 2.78. The molecule has 0 radical (unpaired) electrons. The van der Waals surface area contributed by atoms with E-state index in [1.54, 1.807) is 0 Å². The fourth-order valence-electron chi connectivity index (χ4n) is 3.24. The van der Waals surface area contributed by atoms with E-state index in [2.05, 4.69) is 23.1 Å². The molecule has 0 spiro atoms. The summed E-state index contributed by atoms with van der Waals surface area (Å²) in [6.07, 6.45) is 2.82. The van der Waals surface area contributed by atoms with Crippen molar-refractivity contribution in [1.82, 2.24) is 9.80 Å². The number of ether oxygens (including phenoxy) is 1. The van der Waals surface area contributed by atoms with Gasteiger partial charge in [0.1, 0.15) is 5.75 Å². The van der Waals surface area contributed by atoms with Crippen LogP contribution in [0.1, 0.15) is 18.4 Å². The van der Waals surface area contributed by atoms with Crippen LogP contribution in [0.5, 0.6) is 5.75 Å². The Morgan fingerprint density at radius 3 is 3.00 bits per heavy atom. The Kier molecular flexibility index (Phi) is 4.44.